The second-order valence-electron chi connectivity index (χ2n) is 5.65. The Balaban J connectivity index is 1.55. The van der Waals surface area contributed by atoms with Crippen LogP contribution in [0.2, 0.25) is 0 Å². The van der Waals surface area contributed by atoms with E-state index in [1.807, 2.05) is 25.1 Å². The summed E-state index contributed by atoms with van der Waals surface area (Å²) in [6, 6.07) is 8.51. The van der Waals surface area contributed by atoms with Crippen LogP contribution < -0.4 is 10.6 Å². The van der Waals surface area contributed by atoms with Crippen LogP contribution in [0.1, 0.15) is 11.3 Å². The first-order valence-corrected chi connectivity index (χ1v) is 7.72. The summed E-state index contributed by atoms with van der Waals surface area (Å²) in [5.41, 5.74) is 8.21. The third kappa shape index (κ3) is 3.64. The van der Waals surface area contributed by atoms with Gasteiger partial charge in [-0.15, -0.1) is 0 Å². The molecule has 1 aliphatic heterocycles. The number of nitrogens with two attached hydrogens (primary N) is 1. The summed E-state index contributed by atoms with van der Waals surface area (Å²) in [4.78, 5) is 8.71. The van der Waals surface area contributed by atoms with Gasteiger partial charge in [-0.25, -0.2) is 9.38 Å². The molecule has 122 valence electrons. The summed E-state index contributed by atoms with van der Waals surface area (Å²) in [7, 11) is 0. The first-order valence-electron chi connectivity index (χ1n) is 7.72. The second-order valence-corrected chi connectivity index (χ2v) is 5.65. The molecule has 2 N–H and O–H groups in total. The lowest BCUT2D eigenvalue weighted by Gasteiger charge is -2.36. The third-order valence-electron chi connectivity index (χ3n) is 4.15. The first-order chi connectivity index (χ1) is 11.1. The molecule has 1 aromatic heterocycles. The van der Waals surface area contributed by atoms with Crippen LogP contribution in [-0.4, -0.2) is 37.0 Å². The standard InChI is InChI=1S/C17H21FN4O/c1-13-6-11-23-16(13)12-20-17(19)22-9-7-21(8-10-22)15-4-2-14(18)3-5-15/h2-6,11H,7-10,12H2,1H3,(H2,19,20). The SMILES string of the molecule is Cc1ccoc1CN=C(N)N1CCN(c2ccc(F)cc2)CC1. The highest BCUT2D eigenvalue weighted by Gasteiger charge is 2.18. The Morgan fingerprint density at radius 1 is 1.17 bits per heavy atom. The Labute approximate surface area is 135 Å². The van der Waals surface area contributed by atoms with E-state index in [4.69, 9.17) is 10.2 Å². The zero-order chi connectivity index (χ0) is 16.2. The number of aliphatic imine (C=N–C) groups is 1. The van der Waals surface area contributed by atoms with Gasteiger partial charge in [-0.1, -0.05) is 0 Å². The molecule has 1 fully saturated rings. The normalized spacial score (nSPS) is 16.0. The highest BCUT2D eigenvalue weighted by molar-refractivity contribution is 5.78. The summed E-state index contributed by atoms with van der Waals surface area (Å²) in [5, 5.41) is 0. The maximum Gasteiger partial charge on any atom is 0.191 e. The van der Waals surface area contributed by atoms with Crippen LogP contribution in [0.5, 0.6) is 0 Å². The van der Waals surface area contributed by atoms with Crippen molar-refractivity contribution >= 4 is 11.6 Å². The molecule has 0 aliphatic carbocycles. The van der Waals surface area contributed by atoms with Gasteiger partial charge < -0.3 is 20.0 Å². The largest absolute Gasteiger partial charge is 0.467 e. The molecule has 1 aromatic carbocycles. The molecule has 1 saturated heterocycles. The lowest BCUT2D eigenvalue weighted by Crippen LogP contribution is -2.51. The first kappa shape index (κ1) is 15.4. The molecule has 0 bridgehead atoms. The van der Waals surface area contributed by atoms with Crippen molar-refractivity contribution in [3.63, 3.8) is 0 Å². The molecule has 6 heteroatoms. The number of hydrogen-bond donors (Lipinski definition) is 1. The smallest absolute Gasteiger partial charge is 0.191 e. The van der Waals surface area contributed by atoms with Crippen LogP contribution in [0.25, 0.3) is 0 Å². The van der Waals surface area contributed by atoms with Gasteiger partial charge >= 0.3 is 0 Å². The summed E-state index contributed by atoms with van der Waals surface area (Å²) >= 11 is 0. The van der Waals surface area contributed by atoms with E-state index in [0.29, 0.717) is 12.5 Å². The minimum absolute atomic E-state index is 0.211. The van der Waals surface area contributed by atoms with E-state index < -0.39 is 0 Å². The summed E-state index contributed by atoms with van der Waals surface area (Å²) < 4.78 is 18.4. The van der Waals surface area contributed by atoms with E-state index in [0.717, 1.165) is 43.2 Å². The van der Waals surface area contributed by atoms with Gasteiger partial charge in [-0.05, 0) is 42.8 Å². The Morgan fingerprint density at radius 2 is 1.87 bits per heavy atom. The Morgan fingerprint density at radius 3 is 2.48 bits per heavy atom. The summed E-state index contributed by atoms with van der Waals surface area (Å²) in [5.74, 6) is 1.18. The average Bonchev–Trinajstić information content (AvgIpc) is 2.99. The average molecular weight is 316 g/mol. The van der Waals surface area contributed by atoms with Crippen LogP contribution in [0.3, 0.4) is 0 Å². The van der Waals surface area contributed by atoms with Crippen molar-refractivity contribution in [1.29, 1.82) is 0 Å². The summed E-state index contributed by atoms with van der Waals surface area (Å²) in [6.07, 6.45) is 1.66. The predicted octanol–water partition coefficient (Wildman–Crippen LogP) is 2.36. The number of furan rings is 1. The minimum atomic E-state index is -0.211. The van der Waals surface area contributed by atoms with E-state index in [-0.39, 0.29) is 5.82 Å². The van der Waals surface area contributed by atoms with Crippen molar-refractivity contribution in [1.82, 2.24) is 4.90 Å². The molecule has 3 rings (SSSR count). The second kappa shape index (κ2) is 6.73. The van der Waals surface area contributed by atoms with Gasteiger partial charge in [-0.2, -0.15) is 0 Å². The highest BCUT2D eigenvalue weighted by Crippen LogP contribution is 2.17. The molecule has 0 spiro atoms. The topological polar surface area (TPSA) is 58.0 Å². The third-order valence-corrected chi connectivity index (χ3v) is 4.15. The zero-order valence-electron chi connectivity index (χ0n) is 13.2. The van der Waals surface area contributed by atoms with Crippen molar-refractivity contribution in [3.05, 3.63) is 53.7 Å². The lowest BCUT2D eigenvalue weighted by molar-refractivity contribution is 0.379. The van der Waals surface area contributed by atoms with E-state index in [1.54, 1.807) is 6.26 Å². The molecular formula is C17H21FN4O. The molecule has 0 unspecified atom stereocenters. The van der Waals surface area contributed by atoms with Gasteiger partial charge in [0.2, 0.25) is 0 Å². The van der Waals surface area contributed by atoms with Gasteiger partial charge in [0.15, 0.2) is 5.96 Å². The lowest BCUT2D eigenvalue weighted by atomic mass is 10.2. The van der Waals surface area contributed by atoms with Gasteiger partial charge in [0.1, 0.15) is 18.1 Å². The maximum atomic E-state index is 13.0. The number of halogens is 1. The van der Waals surface area contributed by atoms with Gasteiger partial charge in [-0.3, -0.25) is 0 Å². The van der Waals surface area contributed by atoms with Crippen LogP contribution in [0, 0.1) is 12.7 Å². The Hall–Kier alpha value is -2.50. The molecule has 5 nitrogen and oxygen atoms in total. The molecule has 0 saturated carbocycles. The monoisotopic (exact) mass is 316 g/mol. The van der Waals surface area contributed by atoms with E-state index in [1.165, 1.54) is 12.1 Å². The predicted molar refractivity (Wildman–Crippen MR) is 89.0 cm³/mol. The molecule has 2 heterocycles. The molecule has 0 atom stereocenters. The number of hydrogen-bond acceptors (Lipinski definition) is 3. The fraction of sp³-hybridized carbons (Fsp3) is 0.353. The van der Waals surface area contributed by atoms with Gasteiger partial charge in [0.25, 0.3) is 0 Å². The molecule has 2 aromatic rings. The molecule has 1 aliphatic rings. The number of rotatable bonds is 3. The van der Waals surface area contributed by atoms with Crippen LogP contribution >= 0.6 is 0 Å². The van der Waals surface area contributed by atoms with Crippen LogP contribution in [-0.2, 0) is 6.54 Å². The summed E-state index contributed by atoms with van der Waals surface area (Å²) in [6.45, 7) is 5.71. The van der Waals surface area contributed by atoms with Crippen LogP contribution in [0.15, 0.2) is 46.0 Å². The number of benzene rings is 1. The number of aryl methyl sites for hydroxylation is 1. The Kier molecular flexibility index (Phi) is 4.50. The van der Waals surface area contributed by atoms with Crippen LogP contribution in [0.4, 0.5) is 10.1 Å². The quantitative estimate of drug-likeness (QED) is 0.698. The maximum absolute atomic E-state index is 13.0. The van der Waals surface area contributed by atoms with Crippen molar-refractivity contribution in [2.24, 2.45) is 10.7 Å². The molecule has 0 radical (unpaired) electrons. The van der Waals surface area contributed by atoms with Crippen molar-refractivity contribution in [2.45, 2.75) is 13.5 Å². The zero-order valence-corrected chi connectivity index (χ0v) is 13.2. The van der Waals surface area contributed by atoms with Gasteiger partial charge in [0.05, 0.1) is 6.26 Å². The molecule has 0 amide bonds. The van der Waals surface area contributed by atoms with Crippen molar-refractivity contribution in [2.75, 3.05) is 31.1 Å². The molecular weight excluding hydrogens is 295 g/mol. The fourth-order valence-corrected chi connectivity index (χ4v) is 2.66. The van der Waals surface area contributed by atoms with E-state index in [2.05, 4.69) is 14.8 Å². The minimum Gasteiger partial charge on any atom is -0.467 e. The van der Waals surface area contributed by atoms with Crippen molar-refractivity contribution < 1.29 is 8.81 Å². The van der Waals surface area contributed by atoms with E-state index in [9.17, 15) is 4.39 Å². The number of anilines is 1. The molecule has 23 heavy (non-hydrogen) atoms. The number of piperazine rings is 1. The highest BCUT2D eigenvalue weighted by atomic mass is 19.1. The fourth-order valence-electron chi connectivity index (χ4n) is 2.66. The van der Waals surface area contributed by atoms with Crippen molar-refractivity contribution in [3.8, 4) is 0 Å². The number of nitrogens with zero attached hydrogens (tertiary/aromatic N) is 3. The van der Waals surface area contributed by atoms with E-state index >= 15 is 0 Å². The van der Waals surface area contributed by atoms with Gasteiger partial charge in [0, 0.05) is 31.9 Å². The Bertz CT molecular complexity index is 672. The number of guanidine groups is 1.